The van der Waals surface area contributed by atoms with Crippen molar-refractivity contribution in [3.63, 3.8) is 0 Å². The molecule has 1 saturated heterocycles. The number of rotatable bonds is 5. The van der Waals surface area contributed by atoms with Crippen LogP contribution in [0.15, 0.2) is 48.5 Å². The van der Waals surface area contributed by atoms with Gasteiger partial charge in [-0.2, -0.15) is 8.78 Å². The molecule has 0 radical (unpaired) electrons. The normalized spacial score (nSPS) is 15.3. The van der Waals surface area contributed by atoms with Gasteiger partial charge in [-0.3, -0.25) is 9.69 Å². The number of para-hydroxylation sites is 1. The Morgan fingerprint density at radius 1 is 1.00 bits per heavy atom. The Morgan fingerprint density at radius 2 is 1.65 bits per heavy atom. The molecular weight excluding hydrogens is 345 g/mol. The smallest absolute Gasteiger partial charge is 0.387 e. The van der Waals surface area contributed by atoms with Gasteiger partial charge in [-0.1, -0.05) is 30.3 Å². The average molecular weight is 364 g/mol. The van der Waals surface area contributed by atoms with Crippen LogP contribution in [0, 0.1) is 5.82 Å². The maximum atomic E-state index is 13.8. The fourth-order valence-corrected chi connectivity index (χ4v) is 2.99. The number of benzene rings is 2. The summed E-state index contributed by atoms with van der Waals surface area (Å²) in [4.78, 5) is 16.3. The highest BCUT2D eigenvalue weighted by Crippen LogP contribution is 2.23. The van der Waals surface area contributed by atoms with E-state index in [4.69, 9.17) is 0 Å². The Kier molecular flexibility index (Phi) is 5.78. The first-order valence-corrected chi connectivity index (χ1v) is 8.33. The van der Waals surface area contributed by atoms with Gasteiger partial charge in [0.1, 0.15) is 11.6 Å². The van der Waals surface area contributed by atoms with Crippen LogP contribution in [0.25, 0.3) is 0 Å². The topological polar surface area (TPSA) is 32.8 Å². The number of alkyl halides is 2. The first-order chi connectivity index (χ1) is 12.5. The number of carbonyl (C=O) groups is 1. The van der Waals surface area contributed by atoms with Gasteiger partial charge in [0.2, 0.25) is 0 Å². The molecule has 1 aliphatic heterocycles. The molecule has 0 aromatic heterocycles. The van der Waals surface area contributed by atoms with Crippen molar-refractivity contribution in [2.75, 3.05) is 26.2 Å². The number of amides is 1. The van der Waals surface area contributed by atoms with Gasteiger partial charge in [0, 0.05) is 38.3 Å². The number of nitrogens with zero attached hydrogens (tertiary/aromatic N) is 2. The van der Waals surface area contributed by atoms with Crippen molar-refractivity contribution in [2.24, 2.45) is 0 Å². The summed E-state index contributed by atoms with van der Waals surface area (Å²) >= 11 is 0. The minimum atomic E-state index is -2.98. The van der Waals surface area contributed by atoms with Gasteiger partial charge in [-0.25, -0.2) is 4.39 Å². The van der Waals surface area contributed by atoms with E-state index in [1.165, 1.54) is 18.2 Å². The van der Waals surface area contributed by atoms with Crippen molar-refractivity contribution in [1.29, 1.82) is 0 Å². The molecule has 1 heterocycles. The molecule has 0 unspecified atom stereocenters. The van der Waals surface area contributed by atoms with Crippen molar-refractivity contribution in [3.05, 3.63) is 65.5 Å². The summed E-state index contributed by atoms with van der Waals surface area (Å²) in [5.74, 6) is -0.711. The van der Waals surface area contributed by atoms with E-state index in [0.29, 0.717) is 38.3 Å². The van der Waals surface area contributed by atoms with Crippen molar-refractivity contribution in [1.82, 2.24) is 9.80 Å². The van der Waals surface area contributed by atoms with Gasteiger partial charge in [-0.05, 0) is 18.2 Å². The van der Waals surface area contributed by atoms with Crippen LogP contribution < -0.4 is 4.74 Å². The van der Waals surface area contributed by atoms with Crippen molar-refractivity contribution in [2.45, 2.75) is 13.2 Å². The van der Waals surface area contributed by atoms with Crippen LogP contribution in [0.5, 0.6) is 5.75 Å². The molecule has 3 rings (SSSR count). The van der Waals surface area contributed by atoms with Crippen LogP contribution in [0.1, 0.15) is 15.9 Å². The molecule has 0 N–H and O–H groups in total. The molecule has 0 saturated carbocycles. The number of halogens is 3. The zero-order valence-corrected chi connectivity index (χ0v) is 14.1. The van der Waals surface area contributed by atoms with Gasteiger partial charge in [0.05, 0.1) is 5.56 Å². The highest BCUT2D eigenvalue weighted by Gasteiger charge is 2.25. The third-order valence-electron chi connectivity index (χ3n) is 4.34. The minimum absolute atomic E-state index is 0.121. The monoisotopic (exact) mass is 364 g/mol. The molecule has 4 nitrogen and oxygen atoms in total. The van der Waals surface area contributed by atoms with E-state index in [1.807, 2.05) is 0 Å². The molecule has 1 fully saturated rings. The second kappa shape index (κ2) is 8.23. The maximum absolute atomic E-state index is 13.8. The van der Waals surface area contributed by atoms with Crippen molar-refractivity contribution >= 4 is 5.91 Å². The van der Waals surface area contributed by atoms with Gasteiger partial charge < -0.3 is 9.64 Å². The van der Waals surface area contributed by atoms with E-state index >= 15 is 0 Å². The summed E-state index contributed by atoms with van der Waals surface area (Å²) in [5.41, 5.74) is 0.735. The molecular formula is C19H19F3N2O2. The molecule has 1 amide bonds. The summed E-state index contributed by atoms with van der Waals surface area (Å²) < 4.78 is 43.2. The van der Waals surface area contributed by atoms with Crippen LogP contribution in [0.2, 0.25) is 0 Å². The number of hydrogen-bond acceptors (Lipinski definition) is 3. The standard InChI is InChI=1S/C19H19F3N2O2/c20-16-7-3-1-5-14(16)13-23-9-11-24(12-10-23)18(25)15-6-2-4-8-17(15)26-19(21)22/h1-8,19H,9-13H2. The van der Waals surface area contributed by atoms with Crippen LogP contribution in [0.3, 0.4) is 0 Å². The summed E-state index contributed by atoms with van der Waals surface area (Å²) in [6.07, 6.45) is 0. The second-order valence-electron chi connectivity index (χ2n) is 6.03. The van der Waals surface area contributed by atoms with Crippen molar-refractivity contribution < 1.29 is 22.7 Å². The highest BCUT2D eigenvalue weighted by molar-refractivity contribution is 5.97. The molecule has 2 aromatic rings. The molecule has 0 spiro atoms. The maximum Gasteiger partial charge on any atom is 0.387 e. The van der Waals surface area contributed by atoms with Crippen LogP contribution >= 0.6 is 0 Å². The number of carbonyl (C=O) groups excluding carboxylic acids is 1. The Hall–Kier alpha value is -2.54. The van der Waals surface area contributed by atoms with Gasteiger partial charge in [0.15, 0.2) is 0 Å². The zero-order chi connectivity index (χ0) is 18.5. The van der Waals surface area contributed by atoms with E-state index in [1.54, 1.807) is 35.2 Å². The predicted octanol–water partition coefficient (Wildman–Crippen LogP) is 3.39. The van der Waals surface area contributed by atoms with Gasteiger partial charge >= 0.3 is 6.61 Å². The summed E-state index contributed by atoms with van der Waals surface area (Å²) in [6.45, 7) is -0.469. The first-order valence-electron chi connectivity index (χ1n) is 8.33. The molecule has 0 atom stereocenters. The quantitative estimate of drug-likeness (QED) is 0.815. The molecule has 7 heteroatoms. The van der Waals surface area contributed by atoms with E-state index < -0.39 is 6.61 Å². The van der Waals surface area contributed by atoms with E-state index in [-0.39, 0.29) is 23.0 Å². The first kappa shape index (κ1) is 18.3. The van der Waals surface area contributed by atoms with Crippen molar-refractivity contribution in [3.8, 4) is 5.75 Å². The molecule has 26 heavy (non-hydrogen) atoms. The summed E-state index contributed by atoms with van der Waals surface area (Å²) in [6, 6.07) is 12.6. The number of piperazine rings is 1. The highest BCUT2D eigenvalue weighted by atomic mass is 19.3. The molecule has 1 aliphatic rings. The second-order valence-corrected chi connectivity index (χ2v) is 6.03. The zero-order valence-electron chi connectivity index (χ0n) is 14.1. The van der Waals surface area contributed by atoms with E-state index in [0.717, 1.165) is 0 Å². The van der Waals surface area contributed by atoms with E-state index in [9.17, 15) is 18.0 Å². The Balaban J connectivity index is 1.61. The summed E-state index contributed by atoms with van der Waals surface area (Å²) in [7, 11) is 0. The Morgan fingerprint density at radius 3 is 2.35 bits per heavy atom. The largest absolute Gasteiger partial charge is 0.434 e. The fraction of sp³-hybridized carbons (Fsp3) is 0.316. The van der Waals surface area contributed by atoms with Crippen LogP contribution in [-0.4, -0.2) is 48.5 Å². The molecule has 138 valence electrons. The summed E-state index contributed by atoms with van der Waals surface area (Å²) in [5, 5.41) is 0. The molecule has 0 aliphatic carbocycles. The minimum Gasteiger partial charge on any atom is -0.434 e. The lowest BCUT2D eigenvalue weighted by Crippen LogP contribution is -2.48. The van der Waals surface area contributed by atoms with Gasteiger partial charge in [-0.15, -0.1) is 0 Å². The van der Waals surface area contributed by atoms with Crippen LogP contribution in [-0.2, 0) is 6.54 Å². The lowest BCUT2D eigenvalue weighted by Gasteiger charge is -2.35. The average Bonchev–Trinajstić information content (AvgIpc) is 2.64. The Bertz CT molecular complexity index is 762. The number of ether oxygens (including phenoxy) is 1. The lowest BCUT2D eigenvalue weighted by atomic mass is 10.1. The van der Waals surface area contributed by atoms with Crippen LogP contribution in [0.4, 0.5) is 13.2 Å². The lowest BCUT2D eigenvalue weighted by molar-refractivity contribution is -0.0503. The molecule has 2 aromatic carbocycles. The third-order valence-corrected chi connectivity index (χ3v) is 4.34. The third kappa shape index (κ3) is 4.35. The molecule has 0 bridgehead atoms. The fourth-order valence-electron chi connectivity index (χ4n) is 2.99. The van der Waals surface area contributed by atoms with E-state index in [2.05, 4.69) is 9.64 Å². The predicted molar refractivity (Wildman–Crippen MR) is 90.7 cm³/mol. The Labute approximate surface area is 149 Å². The van der Waals surface area contributed by atoms with Gasteiger partial charge in [0.25, 0.3) is 5.91 Å². The number of hydrogen-bond donors (Lipinski definition) is 0. The SMILES string of the molecule is O=C(c1ccccc1OC(F)F)N1CCN(Cc2ccccc2F)CC1.